The minimum absolute atomic E-state index is 0.0948. The molecule has 0 aliphatic carbocycles. The molecule has 23 heavy (non-hydrogen) atoms. The van der Waals surface area contributed by atoms with Crippen LogP contribution in [0.5, 0.6) is 5.75 Å². The number of carbonyl (C=O) groups is 1. The van der Waals surface area contributed by atoms with Crippen molar-refractivity contribution in [2.24, 2.45) is 5.41 Å². The number of likely N-dealkylation sites (tertiary alicyclic amines) is 1. The van der Waals surface area contributed by atoms with E-state index in [0.29, 0.717) is 24.3 Å². The van der Waals surface area contributed by atoms with Crippen molar-refractivity contribution in [1.82, 2.24) is 10.2 Å². The van der Waals surface area contributed by atoms with Gasteiger partial charge in [-0.3, -0.25) is 14.9 Å². The first-order valence-corrected chi connectivity index (χ1v) is 7.87. The van der Waals surface area contributed by atoms with Crippen LogP contribution in [-0.2, 0) is 0 Å². The van der Waals surface area contributed by atoms with Crippen LogP contribution in [0, 0.1) is 15.5 Å². The lowest BCUT2D eigenvalue weighted by atomic mass is 9.78. The van der Waals surface area contributed by atoms with Gasteiger partial charge >= 0.3 is 0 Å². The van der Waals surface area contributed by atoms with Gasteiger partial charge in [0.25, 0.3) is 11.6 Å². The second-order valence-corrected chi connectivity index (χ2v) is 6.36. The summed E-state index contributed by atoms with van der Waals surface area (Å²) in [5.41, 5.74) is 0.494. The molecular weight excluding hydrogens is 298 g/mol. The highest BCUT2D eigenvalue weighted by Gasteiger charge is 2.38. The normalized spacial score (nSPS) is 19.8. The van der Waals surface area contributed by atoms with Crippen LogP contribution in [0.1, 0.15) is 29.6 Å². The number of amides is 1. The number of carbonyl (C=O) groups excluding carboxylic acids is 1. The van der Waals surface area contributed by atoms with E-state index in [4.69, 9.17) is 4.74 Å². The average Bonchev–Trinajstić information content (AvgIpc) is 3.02. The highest BCUT2D eigenvalue weighted by molar-refractivity contribution is 5.97. The average molecular weight is 319 g/mol. The number of methoxy groups -OCH3 is 1. The fourth-order valence-corrected chi connectivity index (χ4v) is 3.55. The Balaban J connectivity index is 1.78. The van der Waals surface area contributed by atoms with E-state index in [9.17, 15) is 14.9 Å². The van der Waals surface area contributed by atoms with E-state index in [0.717, 1.165) is 32.4 Å². The maximum absolute atomic E-state index is 12.8. The summed E-state index contributed by atoms with van der Waals surface area (Å²) in [5, 5.41) is 14.4. The molecule has 2 heterocycles. The molecule has 7 nitrogen and oxygen atoms in total. The van der Waals surface area contributed by atoms with Gasteiger partial charge in [-0.1, -0.05) is 0 Å². The van der Waals surface area contributed by atoms with Crippen LogP contribution in [0.25, 0.3) is 0 Å². The molecule has 1 amide bonds. The molecule has 0 unspecified atom stereocenters. The fourth-order valence-electron chi connectivity index (χ4n) is 3.55. The number of non-ortho nitro benzene ring substituents is 1. The lowest BCUT2D eigenvalue weighted by Gasteiger charge is -2.39. The maximum Gasteiger partial charge on any atom is 0.270 e. The number of ether oxygens (including phenoxy) is 1. The zero-order valence-corrected chi connectivity index (χ0v) is 13.2. The van der Waals surface area contributed by atoms with Gasteiger partial charge in [-0.15, -0.1) is 0 Å². The van der Waals surface area contributed by atoms with Crippen molar-refractivity contribution in [1.29, 1.82) is 0 Å². The molecule has 0 aromatic heterocycles. The number of hydrogen-bond donors (Lipinski definition) is 1. The molecule has 2 aliphatic rings. The van der Waals surface area contributed by atoms with Crippen LogP contribution < -0.4 is 10.1 Å². The van der Waals surface area contributed by atoms with Gasteiger partial charge in [0.15, 0.2) is 0 Å². The SMILES string of the molecule is COc1ccc([N+](=O)[O-])cc1C(=O)N1CCC2(CCNC2)CC1. The first kappa shape index (κ1) is 15.7. The van der Waals surface area contributed by atoms with E-state index in [2.05, 4.69) is 5.32 Å². The summed E-state index contributed by atoms with van der Waals surface area (Å²) in [5.74, 6) is 0.190. The Labute approximate surface area is 134 Å². The molecule has 0 radical (unpaired) electrons. The Kier molecular flexibility index (Phi) is 4.21. The van der Waals surface area contributed by atoms with E-state index in [1.54, 1.807) is 4.90 Å². The standard InChI is InChI=1S/C16H21N3O4/c1-23-14-3-2-12(19(21)22)10-13(14)15(20)18-8-5-16(6-9-18)4-7-17-11-16/h2-3,10,17H,4-9,11H2,1H3. The van der Waals surface area contributed by atoms with Gasteiger partial charge in [-0.05, 0) is 37.3 Å². The van der Waals surface area contributed by atoms with E-state index in [1.165, 1.54) is 25.3 Å². The number of piperidine rings is 1. The molecule has 1 aromatic rings. The third-order valence-corrected chi connectivity index (χ3v) is 5.07. The Bertz CT molecular complexity index is 616. The largest absolute Gasteiger partial charge is 0.496 e. The van der Waals surface area contributed by atoms with Crippen molar-refractivity contribution < 1.29 is 14.5 Å². The molecule has 3 rings (SSSR count). The highest BCUT2D eigenvalue weighted by Crippen LogP contribution is 2.37. The summed E-state index contributed by atoms with van der Waals surface area (Å²) in [6.07, 6.45) is 3.11. The number of rotatable bonds is 3. The van der Waals surface area contributed by atoms with Crippen molar-refractivity contribution in [2.75, 3.05) is 33.3 Å². The molecule has 124 valence electrons. The van der Waals surface area contributed by atoms with Gasteiger partial charge in [-0.2, -0.15) is 0 Å². The first-order chi connectivity index (χ1) is 11.0. The van der Waals surface area contributed by atoms with Gasteiger partial charge in [0.05, 0.1) is 17.6 Å². The first-order valence-electron chi connectivity index (χ1n) is 7.87. The third kappa shape index (κ3) is 3.01. The zero-order valence-electron chi connectivity index (χ0n) is 13.2. The summed E-state index contributed by atoms with van der Waals surface area (Å²) in [7, 11) is 1.47. The summed E-state index contributed by atoms with van der Waals surface area (Å²) in [6, 6.07) is 4.14. The number of nitro benzene ring substituents is 1. The smallest absolute Gasteiger partial charge is 0.270 e. The summed E-state index contributed by atoms with van der Waals surface area (Å²) < 4.78 is 5.21. The lowest BCUT2D eigenvalue weighted by molar-refractivity contribution is -0.384. The predicted octanol–water partition coefficient (Wildman–Crippen LogP) is 1.82. The number of nitrogens with zero attached hydrogens (tertiary/aromatic N) is 2. The van der Waals surface area contributed by atoms with Crippen LogP contribution in [0.4, 0.5) is 5.69 Å². The monoisotopic (exact) mass is 319 g/mol. The molecule has 0 saturated carbocycles. The van der Waals surface area contributed by atoms with E-state index >= 15 is 0 Å². The maximum atomic E-state index is 12.8. The number of benzene rings is 1. The molecular formula is C16H21N3O4. The van der Waals surface area contributed by atoms with Crippen molar-refractivity contribution in [3.8, 4) is 5.75 Å². The topological polar surface area (TPSA) is 84.7 Å². The molecule has 7 heteroatoms. The number of nitro groups is 1. The zero-order chi connectivity index (χ0) is 16.4. The molecule has 0 bridgehead atoms. The van der Waals surface area contributed by atoms with Crippen LogP contribution in [0.3, 0.4) is 0 Å². The van der Waals surface area contributed by atoms with Gasteiger partial charge in [0.1, 0.15) is 5.75 Å². The number of hydrogen-bond acceptors (Lipinski definition) is 5. The van der Waals surface area contributed by atoms with Crippen LogP contribution in [-0.4, -0.2) is 49.0 Å². The molecule has 0 atom stereocenters. The minimum atomic E-state index is -0.494. The summed E-state index contributed by atoms with van der Waals surface area (Å²) >= 11 is 0. The van der Waals surface area contributed by atoms with Crippen LogP contribution in [0.15, 0.2) is 18.2 Å². The lowest BCUT2D eigenvalue weighted by Crippen LogP contribution is -2.44. The minimum Gasteiger partial charge on any atom is -0.496 e. The van der Waals surface area contributed by atoms with Gasteiger partial charge in [0.2, 0.25) is 0 Å². The quantitative estimate of drug-likeness (QED) is 0.678. The van der Waals surface area contributed by atoms with E-state index < -0.39 is 4.92 Å². The Morgan fingerprint density at radius 2 is 2.09 bits per heavy atom. The van der Waals surface area contributed by atoms with Gasteiger partial charge in [-0.25, -0.2) is 0 Å². The molecule has 1 spiro atoms. The summed E-state index contributed by atoms with van der Waals surface area (Å²) in [6.45, 7) is 3.44. The molecule has 2 aliphatic heterocycles. The Hall–Kier alpha value is -2.15. The Morgan fingerprint density at radius 1 is 1.35 bits per heavy atom. The van der Waals surface area contributed by atoms with Gasteiger partial charge < -0.3 is 15.0 Å². The predicted molar refractivity (Wildman–Crippen MR) is 84.7 cm³/mol. The number of nitrogens with one attached hydrogen (secondary N) is 1. The third-order valence-electron chi connectivity index (χ3n) is 5.07. The van der Waals surface area contributed by atoms with Crippen molar-refractivity contribution in [3.05, 3.63) is 33.9 Å². The summed E-state index contributed by atoms with van der Waals surface area (Å²) in [4.78, 5) is 25.0. The Morgan fingerprint density at radius 3 is 2.65 bits per heavy atom. The molecule has 2 saturated heterocycles. The second-order valence-electron chi connectivity index (χ2n) is 6.36. The molecule has 1 N–H and O–H groups in total. The van der Waals surface area contributed by atoms with Gasteiger partial charge in [0, 0.05) is 31.8 Å². The molecule has 2 fully saturated rings. The van der Waals surface area contributed by atoms with Crippen LogP contribution in [0.2, 0.25) is 0 Å². The van der Waals surface area contributed by atoms with E-state index in [1.807, 2.05) is 0 Å². The van der Waals surface area contributed by atoms with E-state index in [-0.39, 0.29) is 17.2 Å². The highest BCUT2D eigenvalue weighted by atomic mass is 16.6. The van der Waals surface area contributed by atoms with Crippen molar-refractivity contribution in [3.63, 3.8) is 0 Å². The van der Waals surface area contributed by atoms with Crippen LogP contribution >= 0.6 is 0 Å². The van der Waals surface area contributed by atoms with Crippen molar-refractivity contribution >= 4 is 11.6 Å². The second kappa shape index (κ2) is 6.16. The molecule has 1 aromatic carbocycles. The van der Waals surface area contributed by atoms with Crippen molar-refractivity contribution in [2.45, 2.75) is 19.3 Å². The fraction of sp³-hybridized carbons (Fsp3) is 0.562.